The molecule has 33 heavy (non-hydrogen) atoms. The Morgan fingerprint density at radius 3 is 2.39 bits per heavy atom. The molecular formula is C26H27N3O4. The number of hydrogen-bond donors (Lipinski definition) is 4. The highest BCUT2D eigenvalue weighted by atomic mass is 16.3. The normalized spacial score (nSPS) is 14.2. The Labute approximate surface area is 192 Å². The summed E-state index contributed by atoms with van der Waals surface area (Å²) in [6.45, 7) is 1.85. The third kappa shape index (κ3) is 5.15. The molecule has 0 bridgehead atoms. The Morgan fingerprint density at radius 1 is 0.909 bits per heavy atom. The van der Waals surface area contributed by atoms with Crippen molar-refractivity contribution in [3.05, 3.63) is 89.0 Å². The zero-order valence-electron chi connectivity index (χ0n) is 18.2. The summed E-state index contributed by atoms with van der Waals surface area (Å²) < 4.78 is 0. The average molecular weight is 446 g/mol. The van der Waals surface area contributed by atoms with Crippen LogP contribution < -0.4 is 11.1 Å². The van der Waals surface area contributed by atoms with Crippen LogP contribution in [0.1, 0.15) is 50.6 Å². The maximum atomic E-state index is 13.1. The highest BCUT2D eigenvalue weighted by Crippen LogP contribution is 2.30. The second kappa shape index (κ2) is 9.75. The number of hydrogen-bond acceptors (Lipinski definition) is 5. The number of rotatable bonds is 5. The molecule has 170 valence electrons. The number of carbonyl (C=O) groups is 2. The number of anilines is 1. The van der Waals surface area contributed by atoms with Crippen molar-refractivity contribution in [2.75, 3.05) is 18.4 Å². The van der Waals surface area contributed by atoms with Gasteiger partial charge in [-0.2, -0.15) is 0 Å². The Balaban J connectivity index is 1.39. The van der Waals surface area contributed by atoms with Gasteiger partial charge in [0.15, 0.2) is 11.5 Å². The standard InChI is InChI=1S/C26H27N3O4/c27-16-17-3-1-4-19(13-17)18-9-11-29(12-10-18)26(33)21-5-2-6-22(14-21)28-25(32)20-7-8-23(30)24(31)15-20/h1-8,13-15,18,30-31H,9-12,16,27H2,(H,28,32). The van der Waals surface area contributed by atoms with Gasteiger partial charge in [0.1, 0.15) is 0 Å². The van der Waals surface area contributed by atoms with Crippen molar-refractivity contribution in [3.63, 3.8) is 0 Å². The molecule has 2 amide bonds. The van der Waals surface area contributed by atoms with E-state index in [1.54, 1.807) is 24.3 Å². The lowest BCUT2D eigenvalue weighted by Crippen LogP contribution is -2.38. The van der Waals surface area contributed by atoms with Crippen LogP contribution in [0.3, 0.4) is 0 Å². The number of aromatic hydroxyl groups is 2. The van der Waals surface area contributed by atoms with E-state index in [9.17, 15) is 19.8 Å². The van der Waals surface area contributed by atoms with E-state index >= 15 is 0 Å². The number of phenols is 2. The van der Waals surface area contributed by atoms with Gasteiger partial charge in [0.05, 0.1) is 0 Å². The number of nitrogens with two attached hydrogens (primary N) is 1. The molecule has 1 aliphatic rings. The van der Waals surface area contributed by atoms with Crippen molar-refractivity contribution in [1.29, 1.82) is 0 Å². The van der Waals surface area contributed by atoms with Crippen LogP contribution in [-0.2, 0) is 6.54 Å². The number of nitrogens with zero attached hydrogens (tertiary/aromatic N) is 1. The van der Waals surface area contributed by atoms with Gasteiger partial charge in [-0.15, -0.1) is 0 Å². The SMILES string of the molecule is NCc1cccc(C2CCN(C(=O)c3cccc(NC(=O)c4ccc(O)c(O)c4)c3)CC2)c1. The maximum absolute atomic E-state index is 13.1. The largest absolute Gasteiger partial charge is 0.504 e. The summed E-state index contributed by atoms with van der Waals surface area (Å²) in [5.41, 5.74) is 9.33. The van der Waals surface area contributed by atoms with E-state index in [1.807, 2.05) is 17.0 Å². The van der Waals surface area contributed by atoms with Gasteiger partial charge < -0.3 is 26.2 Å². The predicted octanol–water partition coefficient (Wildman–Crippen LogP) is 3.83. The number of nitrogens with one attached hydrogen (secondary N) is 1. The van der Waals surface area contributed by atoms with Gasteiger partial charge in [-0.3, -0.25) is 9.59 Å². The highest BCUT2D eigenvalue weighted by molar-refractivity contribution is 6.05. The Kier molecular flexibility index (Phi) is 6.60. The minimum atomic E-state index is -0.449. The quantitative estimate of drug-likeness (QED) is 0.446. The molecule has 0 unspecified atom stereocenters. The van der Waals surface area contributed by atoms with E-state index in [4.69, 9.17) is 5.73 Å². The smallest absolute Gasteiger partial charge is 0.255 e. The number of likely N-dealkylation sites (tertiary alicyclic amines) is 1. The van der Waals surface area contributed by atoms with Crippen molar-refractivity contribution in [2.24, 2.45) is 5.73 Å². The lowest BCUT2D eigenvalue weighted by Gasteiger charge is -2.32. The number of benzene rings is 3. The van der Waals surface area contributed by atoms with Gasteiger partial charge in [0, 0.05) is 36.4 Å². The predicted molar refractivity (Wildman–Crippen MR) is 126 cm³/mol. The lowest BCUT2D eigenvalue weighted by molar-refractivity contribution is 0.0712. The van der Waals surface area contributed by atoms with Crippen molar-refractivity contribution in [2.45, 2.75) is 25.3 Å². The first-order valence-corrected chi connectivity index (χ1v) is 11.0. The van der Waals surface area contributed by atoms with Gasteiger partial charge in [-0.1, -0.05) is 30.3 Å². The van der Waals surface area contributed by atoms with Crippen LogP contribution in [-0.4, -0.2) is 40.0 Å². The third-order valence-corrected chi connectivity index (χ3v) is 6.05. The topological polar surface area (TPSA) is 116 Å². The van der Waals surface area contributed by atoms with E-state index in [-0.39, 0.29) is 23.0 Å². The van der Waals surface area contributed by atoms with Crippen LogP contribution in [0, 0.1) is 0 Å². The molecule has 0 radical (unpaired) electrons. The minimum absolute atomic E-state index is 0.0671. The van der Waals surface area contributed by atoms with Gasteiger partial charge in [0.25, 0.3) is 11.8 Å². The van der Waals surface area contributed by atoms with E-state index in [2.05, 4.69) is 17.4 Å². The Bertz CT molecular complexity index is 1170. The molecule has 0 spiro atoms. The van der Waals surface area contributed by atoms with Crippen molar-refractivity contribution < 1.29 is 19.8 Å². The summed E-state index contributed by atoms with van der Waals surface area (Å²) >= 11 is 0. The lowest BCUT2D eigenvalue weighted by atomic mass is 9.88. The van der Waals surface area contributed by atoms with Crippen LogP contribution in [0.4, 0.5) is 5.69 Å². The molecule has 0 saturated carbocycles. The molecule has 4 rings (SSSR count). The molecule has 7 heteroatoms. The molecule has 1 saturated heterocycles. The molecule has 0 aromatic heterocycles. The first kappa shape index (κ1) is 22.4. The van der Waals surface area contributed by atoms with Crippen LogP contribution in [0.25, 0.3) is 0 Å². The van der Waals surface area contributed by atoms with Gasteiger partial charge in [-0.05, 0) is 66.3 Å². The molecule has 0 aliphatic carbocycles. The fourth-order valence-electron chi connectivity index (χ4n) is 4.17. The molecule has 1 aliphatic heterocycles. The van der Waals surface area contributed by atoms with E-state index in [1.165, 1.54) is 23.8 Å². The van der Waals surface area contributed by atoms with E-state index in [0.29, 0.717) is 36.8 Å². The molecule has 0 atom stereocenters. The van der Waals surface area contributed by atoms with Crippen LogP contribution in [0.2, 0.25) is 0 Å². The monoisotopic (exact) mass is 445 g/mol. The second-order valence-corrected chi connectivity index (χ2v) is 8.25. The van der Waals surface area contributed by atoms with Crippen LogP contribution in [0.5, 0.6) is 11.5 Å². The van der Waals surface area contributed by atoms with Crippen molar-refractivity contribution in [1.82, 2.24) is 4.90 Å². The van der Waals surface area contributed by atoms with Crippen LogP contribution >= 0.6 is 0 Å². The Morgan fingerprint density at radius 2 is 1.67 bits per heavy atom. The highest BCUT2D eigenvalue weighted by Gasteiger charge is 2.25. The second-order valence-electron chi connectivity index (χ2n) is 8.25. The van der Waals surface area contributed by atoms with E-state index < -0.39 is 5.91 Å². The molecule has 1 heterocycles. The fraction of sp³-hybridized carbons (Fsp3) is 0.231. The molecule has 3 aromatic rings. The van der Waals surface area contributed by atoms with E-state index in [0.717, 1.165) is 18.4 Å². The summed E-state index contributed by atoms with van der Waals surface area (Å²) in [5, 5.41) is 21.8. The number of carbonyl (C=O) groups excluding carboxylic acids is 2. The van der Waals surface area contributed by atoms with Crippen molar-refractivity contribution in [3.8, 4) is 11.5 Å². The average Bonchev–Trinajstić information content (AvgIpc) is 2.85. The summed E-state index contributed by atoms with van der Waals surface area (Å²) in [7, 11) is 0. The fourth-order valence-corrected chi connectivity index (χ4v) is 4.17. The first-order valence-electron chi connectivity index (χ1n) is 11.0. The van der Waals surface area contributed by atoms with Gasteiger partial charge in [0.2, 0.25) is 0 Å². The first-order chi connectivity index (χ1) is 15.9. The van der Waals surface area contributed by atoms with Crippen LogP contribution in [0.15, 0.2) is 66.7 Å². The Hall–Kier alpha value is -3.84. The number of amides is 2. The van der Waals surface area contributed by atoms with Crippen molar-refractivity contribution >= 4 is 17.5 Å². The van der Waals surface area contributed by atoms with Gasteiger partial charge in [-0.25, -0.2) is 0 Å². The number of piperidine rings is 1. The molecular weight excluding hydrogens is 418 g/mol. The summed E-state index contributed by atoms with van der Waals surface area (Å²) in [6.07, 6.45) is 1.78. The molecule has 3 aromatic carbocycles. The minimum Gasteiger partial charge on any atom is -0.504 e. The molecule has 1 fully saturated rings. The zero-order valence-corrected chi connectivity index (χ0v) is 18.2. The summed E-state index contributed by atoms with van der Waals surface area (Å²) in [5.74, 6) is -0.773. The third-order valence-electron chi connectivity index (χ3n) is 6.05. The number of phenolic OH excluding ortho intramolecular Hbond substituents is 2. The summed E-state index contributed by atoms with van der Waals surface area (Å²) in [4.78, 5) is 27.4. The molecule has 7 nitrogen and oxygen atoms in total. The molecule has 5 N–H and O–H groups in total. The maximum Gasteiger partial charge on any atom is 0.255 e. The van der Waals surface area contributed by atoms with Gasteiger partial charge >= 0.3 is 0 Å². The summed E-state index contributed by atoms with van der Waals surface area (Å²) in [6, 6.07) is 19.0. The zero-order chi connectivity index (χ0) is 23.4.